The number of sulfonamides is 2. The van der Waals surface area contributed by atoms with E-state index in [1.165, 1.54) is 91.9 Å². The Hall–Kier alpha value is -12.5. The number of nitrogens with two attached hydrogens (primary N) is 2. The predicted octanol–water partition coefficient (Wildman–Crippen LogP) is 18.6. The quantitative estimate of drug-likeness (QED) is 0.0272. The molecule has 16 aromatic rings. The molecular weight excluding hydrogens is 2080 g/mol. The number of aliphatic imine (C=N–C) groups is 1. The second-order valence-corrected chi connectivity index (χ2v) is 40.5. The molecule has 0 unspecified atom stereocenters. The van der Waals surface area contributed by atoms with Gasteiger partial charge in [-0.2, -0.15) is 20.4 Å². The average Bonchev–Trinajstić information content (AvgIpc) is 1.59. The van der Waals surface area contributed by atoms with Gasteiger partial charge in [0.2, 0.25) is 40.6 Å². The molecule has 18 rings (SSSR count). The summed E-state index contributed by atoms with van der Waals surface area (Å²) in [4.78, 5) is 83.2. The van der Waals surface area contributed by atoms with Gasteiger partial charge in [-0.15, -0.1) is 56.7 Å². The van der Waals surface area contributed by atoms with Crippen LogP contribution in [0.2, 0.25) is 0 Å². The van der Waals surface area contributed by atoms with Gasteiger partial charge in [0.05, 0.1) is 81.2 Å². The molecule has 0 aliphatic carbocycles. The zero-order chi connectivity index (χ0) is 97.7. The molecule has 0 saturated carbocycles. The third-order valence-electron chi connectivity index (χ3n) is 20.2. The van der Waals surface area contributed by atoms with Crippen LogP contribution in [0.1, 0.15) is 136 Å². The maximum absolute atomic E-state index is 12.0. The summed E-state index contributed by atoms with van der Waals surface area (Å²) in [5.41, 5.74) is 13.7. The largest absolute Gasteiger partial charge is 0.498 e. The molecule has 1 saturated heterocycles. The summed E-state index contributed by atoms with van der Waals surface area (Å²) in [5, 5.41) is 48.4. The minimum Gasteiger partial charge on any atom is -0.476 e. The molecule has 1 fully saturated rings. The van der Waals surface area contributed by atoms with Gasteiger partial charge in [-0.05, 0) is 145 Å². The third kappa shape index (κ3) is 26.7. The van der Waals surface area contributed by atoms with Crippen molar-refractivity contribution in [2.75, 3.05) is 33.0 Å². The van der Waals surface area contributed by atoms with E-state index in [1.54, 1.807) is 98.4 Å². The number of benzene rings is 7. The van der Waals surface area contributed by atoms with Gasteiger partial charge in [-0.1, -0.05) is 176 Å². The summed E-state index contributed by atoms with van der Waals surface area (Å²) in [7, 11) is -8.06. The van der Waals surface area contributed by atoms with Crippen LogP contribution in [0.5, 0.6) is 0 Å². The zero-order valence-electron chi connectivity index (χ0n) is 74.3. The van der Waals surface area contributed by atoms with Gasteiger partial charge in [0.1, 0.15) is 5.69 Å². The number of primary sulfonamides is 2. The van der Waals surface area contributed by atoms with Gasteiger partial charge in [0, 0.05) is 113 Å². The van der Waals surface area contributed by atoms with Crippen molar-refractivity contribution in [1.82, 2.24) is 64.0 Å². The van der Waals surface area contributed by atoms with Crippen molar-refractivity contribution < 1.29 is 74.2 Å². The third-order valence-corrected chi connectivity index (χ3v) is 28.0. The molecule has 0 radical (unpaired) electrons. The first-order valence-electron chi connectivity index (χ1n) is 41.8. The van der Waals surface area contributed by atoms with E-state index in [4.69, 9.17) is 53.8 Å². The number of allylic oxidation sites excluding steroid dienone is 1. The van der Waals surface area contributed by atoms with Gasteiger partial charge >= 0.3 is 37.0 Å². The van der Waals surface area contributed by atoms with E-state index >= 15 is 0 Å². The van der Waals surface area contributed by atoms with E-state index in [9.17, 15) is 40.8 Å². The fraction of sp³-hybridized carbons (Fsp3) is 0.181. The topological polar surface area (TPSA) is 429 Å². The first kappa shape index (κ1) is 102. The van der Waals surface area contributed by atoms with Crippen LogP contribution in [-0.2, 0) is 61.1 Å². The summed E-state index contributed by atoms with van der Waals surface area (Å²) >= 11 is 16.6. The highest BCUT2D eigenvalue weighted by molar-refractivity contribution is 9.12. The van der Waals surface area contributed by atoms with Crippen LogP contribution in [0.3, 0.4) is 0 Å². The number of aromatic nitrogens is 13. The number of hydrogen-bond acceptors (Lipinski definition) is 30. The highest BCUT2D eigenvalue weighted by atomic mass is 79.9. The van der Waals surface area contributed by atoms with Crippen LogP contribution in [0.25, 0.3) is 65.6 Å². The second-order valence-electron chi connectivity index (χ2n) is 30.2. The van der Waals surface area contributed by atoms with E-state index in [0.29, 0.717) is 68.5 Å². The van der Waals surface area contributed by atoms with Gasteiger partial charge in [-0.25, -0.2) is 94.7 Å². The SMILES string of the molecule is BrC1=CCN=C1c1ccccc1.CCOC(=O)c1csc(-n2cc(B3OC(C)(C)C(C)(C)O3)c(-c3ccccc3)n2)n1.CCOC(=O)c1csc(-n2cc(Br)c(-c3ccccc3)n2)n1.CCOC(=O)c1csc(-n2cc(Cc3ccc(S(N)(=O)=O)cc3)c(-c3ccccc3)n2)n1.CCOC(=O)c1csc(Br)n1.NS(=O)(=O)c1ccc(Cc2cn(-c3nc(C(=O)O)cs3)nc2-c2ccccc2)cc1. The van der Waals surface area contributed by atoms with Crippen molar-refractivity contribution in [2.24, 2.45) is 15.3 Å². The van der Waals surface area contributed by atoms with Crippen LogP contribution in [-0.4, -0.2) is 173 Å². The number of halogens is 3. The average molecular weight is 2170 g/mol. The Balaban J connectivity index is 0.000000144. The second kappa shape index (κ2) is 46.6. The highest BCUT2D eigenvalue weighted by Gasteiger charge is 2.53. The molecule has 7 aromatic carbocycles. The number of esters is 4. The number of carbonyl (C=O) groups excluding carboxylic acids is 4. The molecule has 11 heterocycles. The van der Waals surface area contributed by atoms with Gasteiger partial charge < -0.3 is 33.4 Å². The van der Waals surface area contributed by atoms with Gasteiger partial charge in [0.15, 0.2) is 32.4 Å². The molecule has 43 heteroatoms. The van der Waals surface area contributed by atoms with Crippen molar-refractivity contribution in [1.29, 1.82) is 0 Å². The molecule has 0 atom stereocenters. The number of ether oxygens (including phenoxy) is 4. The van der Waals surface area contributed by atoms with Crippen LogP contribution < -0.4 is 15.7 Å². The Morgan fingerprint density at radius 1 is 0.416 bits per heavy atom. The summed E-state index contributed by atoms with van der Waals surface area (Å²) in [5.74, 6) is -2.79. The lowest BCUT2D eigenvalue weighted by molar-refractivity contribution is 0.00578. The number of carboxylic acids is 1. The van der Waals surface area contributed by atoms with Gasteiger partial charge in [0.25, 0.3) is 0 Å². The van der Waals surface area contributed by atoms with Crippen molar-refractivity contribution in [3.63, 3.8) is 0 Å². The van der Waals surface area contributed by atoms with Crippen LogP contribution >= 0.6 is 104 Å². The summed E-state index contributed by atoms with van der Waals surface area (Å²) < 4.78 is 87.4. The fourth-order valence-electron chi connectivity index (χ4n) is 12.9. The fourth-order valence-corrected chi connectivity index (χ4v) is 18.8. The van der Waals surface area contributed by atoms with Crippen molar-refractivity contribution in [3.8, 4) is 65.6 Å². The lowest BCUT2D eigenvalue weighted by Gasteiger charge is -2.32. The highest BCUT2D eigenvalue weighted by Crippen LogP contribution is 2.39. The van der Waals surface area contributed by atoms with E-state index in [0.717, 1.165) is 94.0 Å². The molecule has 137 heavy (non-hydrogen) atoms. The van der Waals surface area contributed by atoms with Crippen molar-refractivity contribution in [2.45, 2.75) is 89.2 Å². The Bertz CT molecular complexity index is 7180. The molecule has 5 N–H and O–H groups in total. The van der Waals surface area contributed by atoms with E-state index < -0.39 is 62.2 Å². The minimum atomic E-state index is -3.75. The van der Waals surface area contributed by atoms with Crippen molar-refractivity contribution >= 4 is 173 Å². The zero-order valence-corrected chi connectivity index (χ0v) is 84.8. The summed E-state index contributed by atoms with van der Waals surface area (Å²) in [6.07, 6.45) is 10.4. The lowest BCUT2D eigenvalue weighted by atomic mass is 9.78. The Labute approximate surface area is 833 Å². The molecule has 9 aromatic heterocycles. The van der Waals surface area contributed by atoms with E-state index in [1.807, 2.05) is 186 Å². The molecule has 0 spiro atoms. The predicted molar refractivity (Wildman–Crippen MR) is 539 cm³/mol. The number of carboxylic acid groups (broad SMARTS) is 1. The maximum Gasteiger partial charge on any atom is 0.498 e. The van der Waals surface area contributed by atoms with Crippen LogP contribution in [0.4, 0.5) is 0 Å². The number of nitrogens with zero attached hydrogens (tertiary/aromatic N) is 14. The molecule has 2 aliphatic heterocycles. The first-order chi connectivity index (χ1) is 65.7. The Morgan fingerprint density at radius 3 is 1.07 bits per heavy atom. The molecule has 0 amide bonds. The minimum absolute atomic E-state index is 0.0353. The first-order valence-corrected chi connectivity index (χ1v) is 51.7. The molecule has 32 nitrogen and oxygen atoms in total. The maximum atomic E-state index is 12.0. The summed E-state index contributed by atoms with van der Waals surface area (Å²) in [6.45, 7) is 17.2. The monoisotopic (exact) mass is 2170 g/mol. The van der Waals surface area contributed by atoms with Crippen LogP contribution in [0.15, 0.2) is 286 Å². The molecule has 2 aliphatic rings. The van der Waals surface area contributed by atoms with Crippen molar-refractivity contribution in [3.05, 3.63) is 327 Å². The number of hydrogen-bond donors (Lipinski definition) is 3. The molecule has 704 valence electrons. The van der Waals surface area contributed by atoms with E-state index in [2.05, 4.69) is 106 Å². The number of aromatic carboxylic acids is 1. The normalized spacial score (nSPS) is 12.8. The lowest BCUT2D eigenvalue weighted by Crippen LogP contribution is -2.41. The van der Waals surface area contributed by atoms with Crippen LogP contribution in [0, 0.1) is 0 Å². The standard InChI is InChI=1S/C22H20N4O4S2.C21H24BN3O4S.C20H16N4O4S2.C15H12BrN3O2S.C10H8BrN.C6H6BrNO2S/c1-2-30-21(27)19-14-31-22(24-19)26-13-17(20(25-26)16-6-4-3-5-7-16)12-15-8-10-18(11-9-15)32(23,28)29;1-6-27-18(26)16-13-30-19(23-16)25-12-15(17(24-25)14-10-8-7-9-11-14)22-28-20(2,3)21(4,5)29-22;21-30(27,28)16-8-6-13(7-9-16)10-15-11-24(20-22-17(12-29-20)19(25)26)23-18(15)14-4-2-1-3-5-14;1-2-21-14(20)12-9-22-15(17-12)19-8-11(16)13(18-19)10-6-4-3-5-7-10;11-9-6-7-12-10(9)8-4-2-1-3-5-8;1-2-10-5(9)4-3-11-6(7)8-4/h3-11,13-14H,2,12H2,1H3,(H2,23,28,29);7-13H,6H2,1-5H3;1-9,11-12H,10H2,(H,25,26)(H2,21,27,28);3-9H,2H2,1H3;1-6H,7H2;3H,2H2,1H3. The number of carbonyl (C=O) groups is 5. The Kier molecular flexibility index (Phi) is 34.7. The molecule has 0 bridgehead atoms. The number of rotatable bonds is 25. The molecular formula is C94H86BBr3N16O16S7. The Morgan fingerprint density at radius 2 is 0.730 bits per heavy atom. The summed E-state index contributed by atoms with van der Waals surface area (Å²) in [6, 6.07) is 62.0. The smallest absolute Gasteiger partial charge is 0.476 e. The van der Waals surface area contributed by atoms with E-state index in [-0.39, 0.29) is 39.4 Å². The number of thiazole rings is 5. The van der Waals surface area contributed by atoms with Gasteiger partial charge in [-0.3, -0.25) is 4.99 Å².